The van der Waals surface area contributed by atoms with Crippen LogP contribution in [0.5, 0.6) is 0 Å². The standard InChI is InChI=1S/C13H16BrN5O/c1-20-8-2-7-15-13-18-12(9-16-19-13)17-11-5-3-10(14)4-6-11/h3-6,9H,2,7-8H2,1H3,(H2,15,17,18,19). The molecule has 0 amide bonds. The zero-order chi connectivity index (χ0) is 14.2. The second kappa shape index (κ2) is 7.76. The summed E-state index contributed by atoms with van der Waals surface area (Å²) in [7, 11) is 1.68. The van der Waals surface area contributed by atoms with Gasteiger partial charge in [-0.1, -0.05) is 15.9 Å². The normalized spacial score (nSPS) is 10.3. The highest BCUT2D eigenvalue weighted by Gasteiger charge is 2.01. The van der Waals surface area contributed by atoms with Crippen molar-refractivity contribution in [2.45, 2.75) is 6.42 Å². The minimum atomic E-state index is 0.503. The molecule has 6 nitrogen and oxygen atoms in total. The van der Waals surface area contributed by atoms with E-state index in [1.807, 2.05) is 24.3 Å². The van der Waals surface area contributed by atoms with Gasteiger partial charge in [0.15, 0.2) is 5.82 Å². The second-order valence-corrected chi connectivity index (χ2v) is 4.99. The minimum absolute atomic E-state index is 0.503. The lowest BCUT2D eigenvalue weighted by molar-refractivity contribution is 0.197. The third kappa shape index (κ3) is 4.75. The lowest BCUT2D eigenvalue weighted by Gasteiger charge is -2.07. The summed E-state index contributed by atoms with van der Waals surface area (Å²) in [4.78, 5) is 4.34. The zero-order valence-corrected chi connectivity index (χ0v) is 12.7. The maximum absolute atomic E-state index is 4.98. The van der Waals surface area contributed by atoms with Gasteiger partial charge < -0.3 is 15.4 Å². The number of halogens is 1. The van der Waals surface area contributed by atoms with E-state index in [1.165, 1.54) is 0 Å². The Labute approximate surface area is 126 Å². The van der Waals surface area contributed by atoms with E-state index in [0.717, 1.165) is 23.1 Å². The van der Waals surface area contributed by atoms with Gasteiger partial charge >= 0.3 is 0 Å². The van der Waals surface area contributed by atoms with Crippen molar-refractivity contribution in [2.75, 3.05) is 30.9 Å². The van der Waals surface area contributed by atoms with Crippen molar-refractivity contribution < 1.29 is 4.74 Å². The molecule has 0 bridgehead atoms. The van der Waals surface area contributed by atoms with Crippen molar-refractivity contribution >= 4 is 33.4 Å². The SMILES string of the molecule is COCCCNc1nncc(Nc2ccc(Br)cc2)n1. The number of anilines is 3. The first-order valence-corrected chi connectivity index (χ1v) is 7.02. The van der Waals surface area contributed by atoms with E-state index < -0.39 is 0 Å². The van der Waals surface area contributed by atoms with Crippen molar-refractivity contribution in [2.24, 2.45) is 0 Å². The number of hydrogen-bond donors (Lipinski definition) is 2. The van der Waals surface area contributed by atoms with Crippen LogP contribution < -0.4 is 10.6 Å². The monoisotopic (exact) mass is 337 g/mol. The molecule has 0 saturated heterocycles. The first-order valence-electron chi connectivity index (χ1n) is 6.23. The van der Waals surface area contributed by atoms with E-state index in [9.17, 15) is 0 Å². The first-order chi connectivity index (χ1) is 9.78. The summed E-state index contributed by atoms with van der Waals surface area (Å²) in [5.41, 5.74) is 0.944. The van der Waals surface area contributed by atoms with Gasteiger partial charge in [-0.2, -0.15) is 10.1 Å². The molecule has 2 rings (SSSR count). The lowest BCUT2D eigenvalue weighted by atomic mass is 10.3. The summed E-state index contributed by atoms with van der Waals surface area (Å²) in [6, 6.07) is 7.83. The highest BCUT2D eigenvalue weighted by Crippen LogP contribution is 2.17. The first kappa shape index (κ1) is 14.7. The van der Waals surface area contributed by atoms with Crippen LogP contribution in [0.4, 0.5) is 17.5 Å². The largest absolute Gasteiger partial charge is 0.385 e. The molecule has 7 heteroatoms. The Morgan fingerprint density at radius 2 is 2.05 bits per heavy atom. The molecule has 0 saturated carbocycles. The zero-order valence-electron chi connectivity index (χ0n) is 11.1. The van der Waals surface area contributed by atoms with Crippen molar-refractivity contribution in [3.8, 4) is 0 Å². The number of benzene rings is 1. The van der Waals surface area contributed by atoms with Crippen LogP contribution in [0, 0.1) is 0 Å². The van der Waals surface area contributed by atoms with Crippen LogP contribution in [-0.4, -0.2) is 35.4 Å². The Morgan fingerprint density at radius 3 is 2.80 bits per heavy atom. The van der Waals surface area contributed by atoms with Crippen molar-refractivity contribution in [3.05, 3.63) is 34.9 Å². The summed E-state index contributed by atoms with van der Waals surface area (Å²) in [5, 5.41) is 14.1. The Balaban J connectivity index is 1.93. The van der Waals surface area contributed by atoms with Crippen molar-refractivity contribution in [3.63, 3.8) is 0 Å². The van der Waals surface area contributed by atoms with Crippen LogP contribution >= 0.6 is 15.9 Å². The molecule has 0 unspecified atom stereocenters. The molecule has 0 aliphatic carbocycles. The van der Waals surface area contributed by atoms with Crippen LogP contribution in [0.25, 0.3) is 0 Å². The van der Waals surface area contributed by atoms with E-state index in [2.05, 4.69) is 41.7 Å². The Hall–Kier alpha value is -1.73. The van der Waals surface area contributed by atoms with Crippen molar-refractivity contribution in [1.82, 2.24) is 15.2 Å². The fourth-order valence-electron chi connectivity index (χ4n) is 1.54. The molecule has 0 aliphatic rings. The molecule has 20 heavy (non-hydrogen) atoms. The molecule has 2 aromatic rings. The summed E-state index contributed by atoms with van der Waals surface area (Å²) in [5.74, 6) is 1.15. The Morgan fingerprint density at radius 1 is 1.25 bits per heavy atom. The third-order valence-electron chi connectivity index (χ3n) is 2.48. The topological polar surface area (TPSA) is 72.0 Å². The van der Waals surface area contributed by atoms with Gasteiger partial charge in [-0.3, -0.25) is 0 Å². The van der Waals surface area contributed by atoms with E-state index in [4.69, 9.17) is 4.74 Å². The van der Waals surface area contributed by atoms with E-state index in [0.29, 0.717) is 18.4 Å². The molecule has 0 spiro atoms. The fourth-order valence-corrected chi connectivity index (χ4v) is 1.80. The van der Waals surface area contributed by atoms with Gasteiger partial charge in [0.2, 0.25) is 5.95 Å². The lowest BCUT2D eigenvalue weighted by Crippen LogP contribution is -2.09. The molecule has 1 heterocycles. The highest BCUT2D eigenvalue weighted by atomic mass is 79.9. The molecule has 0 atom stereocenters. The number of hydrogen-bond acceptors (Lipinski definition) is 6. The van der Waals surface area contributed by atoms with Gasteiger partial charge in [-0.05, 0) is 30.7 Å². The summed E-state index contributed by atoms with van der Waals surface area (Å²) >= 11 is 3.40. The minimum Gasteiger partial charge on any atom is -0.385 e. The molecule has 0 fully saturated rings. The average molecular weight is 338 g/mol. The molecule has 1 aromatic carbocycles. The van der Waals surface area contributed by atoms with Gasteiger partial charge in [-0.15, -0.1) is 5.10 Å². The van der Waals surface area contributed by atoms with Crippen LogP contribution in [0.2, 0.25) is 0 Å². The number of nitrogens with one attached hydrogen (secondary N) is 2. The van der Waals surface area contributed by atoms with E-state index in [-0.39, 0.29) is 0 Å². The number of ether oxygens (including phenoxy) is 1. The van der Waals surface area contributed by atoms with Gasteiger partial charge in [0.1, 0.15) is 0 Å². The summed E-state index contributed by atoms with van der Waals surface area (Å²) < 4.78 is 6.01. The van der Waals surface area contributed by atoms with E-state index >= 15 is 0 Å². The molecule has 0 aliphatic heterocycles. The Kier molecular flexibility index (Phi) is 5.69. The smallest absolute Gasteiger partial charge is 0.244 e. The van der Waals surface area contributed by atoms with Crippen LogP contribution in [0.1, 0.15) is 6.42 Å². The molecular formula is C13H16BrN5O. The molecule has 106 valence electrons. The summed E-state index contributed by atoms with van der Waals surface area (Å²) in [6.45, 7) is 1.45. The number of aromatic nitrogens is 3. The van der Waals surface area contributed by atoms with E-state index in [1.54, 1.807) is 13.3 Å². The quantitative estimate of drug-likeness (QED) is 0.757. The summed E-state index contributed by atoms with van der Waals surface area (Å²) in [6.07, 6.45) is 2.48. The van der Waals surface area contributed by atoms with Gasteiger partial charge in [0, 0.05) is 30.4 Å². The van der Waals surface area contributed by atoms with Crippen LogP contribution in [0.3, 0.4) is 0 Å². The predicted octanol–water partition coefficient (Wildman–Crippen LogP) is 2.83. The molecule has 0 radical (unpaired) electrons. The third-order valence-corrected chi connectivity index (χ3v) is 3.01. The van der Waals surface area contributed by atoms with Gasteiger partial charge in [-0.25, -0.2) is 0 Å². The maximum Gasteiger partial charge on any atom is 0.244 e. The number of rotatable bonds is 7. The Bertz CT molecular complexity index is 535. The molecule has 1 aromatic heterocycles. The molecule has 2 N–H and O–H groups in total. The second-order valence-electron chi connectivity index (χ2n) is 4.07. The van der Waals surface area contributed by atoms with Crippen molar-refractivity contribution in [1.29, 1.82) is 0 Å². The average Bonchev–Trinajstić information content (AvgIpc) is 2.47. The molecular weight excluding hydrogens is 322 g/mol. The maximum atomic E-state index is 4.98. The van der Waals surface area contributed by atoms with Crippen LogP contribution in [0.15, 0.2) is 34.9 Å². The predicted molar refractivity (Wildman–Crippen MR) is 82.2 cm³/mol. The number of methoxy groups -OCH3 is 1. The fraction of sp³-hybridized carbons (Fsp3) is 0.308. The highest BCUT2D eigenvalue weighted by molar-refractivity contribution is 9.10. The van der Waals surface area contributed by atoms with Crippen LogP contribution in [-0.2, 0) is 4.74 Å². The number of nitrogens with zero attached hydrogens (tertiary/aromatic N) is 3. The van der Waals surface area contributed by atoms with Gasteiger partial charge in [0.25, 0.3) is 0 Å². The van der Waals surface area contributed by atoms with Gasteiger partial charge in [0.05, 0.1) is 6.20 Å².